The zero-order valence-corrected chi connectivity index (χ0v) is 9.94. The van der Waals surface area contributed by atoms with E-state index in [1.165, 1.54) is 12.8 Å². The molecule has 0 aromatic carbocycles. The zero-order chi connectivity index (χ0) is 11.6. The Hall–Kier alpha value is -1.25. The van der Waals surface area contributed by atoms with Crippen LogP contribution in [0.2, 0.25) is 0 Å². The van der Waals surface area contributed by atoms with Gasteiger partial charge in [-0.1, -0.05) is 13.8 Å². The Balaban J connectivity index is 2.11. The van der Waals surface area contributed by atoms with Crippen molar-refractivity contribution in [3.8, 4) is 0 Å². The minimum Gasteiger partial charge on any atom is -0.296 e. The molecule has 3 heteroatoms. The molecule has 0 amide bonds. The smallest absolute Gasteiger partial charge is 0.168 e. The highest BCUT2D eigenvalue weighted by Crippen LogP contribution is 2.41. The maximum absolute atomic E-state index is 10.7. The number of aromatic nitrogens is 2. The molecule has 1 aliphatic carbocycles. The Kier molecular flexibility index (Phi) is 3.03. The molecular weight excluding hydrogens is 200 g/mol. The molecule has 0 saturated heterocycles. The summed E-state index contributed by atoms with van der Waals surface area (Å²) in [5.74, 6) is 1.29. The minimum absolute atomic E-state index is 0.438. The summed E-state index contributed by atoms with van der Waals surface area (Å²) in [6.45, 7) is 4.62. The van der Waals surface area contributed by atoms with Crippen molar-refractivity contribution in [2.45, 2.75) is 45.4 Å². The van der Waals surface area contributed by atoms with E-state index in [1.807, 2.05) is 0 Å². The lowest BCUT2D eigenvalue weighted by molar-refractivity contribution is 0.111. The molecule has 0 unspecified atom stereocenters. The van der Waals surface area contributed by atoms with Crippen molar-refractivity contribution in [1.29, 1.82) is 0 Å². The molecule has 0 aliphatic heterocycles. The second-order valence-corrected chi connectivity index (χ2v) is 5.40. The summed E-state index contributed by atoms with van der Waals surface area (Å²) in [6.07, 6.45) is 7.17. The monoisotopic (exact) mass is 218 g/mol. The van der Waals surface area contributed by atoms with Gasteiger partial charge in [0.15, 0.2) is 6.29 Å². The van der Waals surface area contributed by atoms with Crippen LogP contribution in [0.15, 0.2) is 12.3 Å². The SMILES string of the molecule is CC1(C)CCC(c2nccc(C=O)n2)CC1. The zero-order valence-electron chi connectivity index (χ0n) is 9.94. The highest BCUT2D eigenvalue weighted by Gasteiger charge is 2.28. The summed E-state index contributed by atoms with van der Waals surface area (Å²) in [5.41, 5.74) is 0.952. The van der Waals surface area contributed by atoms with Gasteiger partial charge < -0.3 is 0 Å². The highest BCUT2D eigenvalue weighted by atomic mass is 16.1. The van der Waals surface area contributed by atoms with Gasteiger partial charge in [0.05, 0.1) is 0 Å². The van der Waals surface area contributed by atoms with Crippen LogP contribution in [0, 0.1) is 5.41 Å². The van der Waals surface area contributed by atoms with Crippen molar-refractivity contribution in [1.82, 2.24) is 9.97 Å². The van der Waals surface area contributed by atoms with Crippen LogP contribution in [-0.4, -0.2) is 16.3 Å². The third-order valence-electron chi connectivity index (χ3n) is 3.52. The molecule has 0 atom stereocenters. The first-order chi connectivity index (χ1) is 7.61. The number of aldehydes is 1. The van der Waals surface area contributed by atoms with E-state index in [0.717, 1.165) is 25.0 Å². The molecule has 1 fully saturated rings. The fourth-order valence-corrected chi connectivity index (χ4v) is 2.31. The standard InChI is InChI=1S/C13H18N2O/c1-13(2)6-3-10(4-7-13)12-14-8-5-11(9-16)15-12/h5,8-10H,3-4,6-7H2,1-2H3. The molecule has 1 saturated carbocycles. The van der Waals surface area contributed by atoms with E-state index in [9.17, 15) is 4.79 Å². The van der Waals surface area contributed by atoms with Gasteiger partial charge in [0, 0.05) is 12.1 Å². The number of hydrogen-bond acceptors (Lipinski definition) is 3. The Morgan fingerprint density at radius 1 is 1.38 bits per heavy atom. The fraction of sp³-hybridized carbons (Fsp3) is 0.615. The molecule has 0 N–H and O–H groups in total. The van der Waals surface area contributed by atoms with Gasteiger partial charge in [-0.2, -0.15) is 0 Å². The maximum Gasteiger partial charge on any atom is 0.168 e. The predicted molar refractivity (Wildman–Crippen MR) is 62.4 cm³/mol. The molecule has 1 aliphatic rings. The van der Waals surface area contributed by atoms with Crippen LogP contribution in [0.3, 0.4) is 0 Å². The first-order valence-electron chi connectivity index (χ1n) is 5.89. The number of carbonyl (C=O) groups excluding carboxylic acids is 1. The van der Waals surface area contributed by atoms with Crippen molar-refractivity contribution >= 4 is 6.29 Å². The predicted octanol–water partition coefficient (Wildman–Crippen LogP) is 2.97. The van der Waals surface area contributed by atoms with Gasteiger partial charge in [-0.05, 0) is 37.2 Å². The van der Waals surface area contributed by atoms with Gasteiger partial charge in [-0.3, -0.25) is 4.79 Å². The molecule has 3 nitrogen and oxygen atoms in total. The quantitative estimate of drug-likeness (QED) is 0.717. The van der Waals surface area contributed by atoms with Crippen molar-refractivity contribution in [3.63, 3.8) is 0 Å². The van der Waals surface area contributed by atoms with Crippen LogP contribution in [0.25, 0.3) is 0 Å². The Labute approximate surface area is 96.3 Å². The number of hydrogen-bond donors (Lipinski definition) is 0. The molecule has 0 spiro atoms. The molecule has 2 rings (SSSR count). The average Bonchev–Trinajstić information content (AvgIpc) is 2.29. The lowest BCUT2D eigenvalue weighted by atomic mass is 9.73. The molecule has 86 valence electrons. The molecule has 1 aromatic rings. The summed E-state index contributed by atoms with van der Waals surface area (Å²) in [6, 6.07) is 1.66. The van der Waals surface area contributed by atoms with Crippen molar-refractivity contribution in [3.05, 3.63) is 23.8 Å². The Morgan fingerprint density at radius 3 is 2.69 bits per heavy atom. The summed E-state index contributed by atoms with van der Waals surface area (Å²) >= 11 is 0. The van der Waals surface area contributed by atoms with Gasteiger partial charge in [-0.15, -0.1) is 0 Å². The second-order valence-electron chi connectivity index (χ2n) is 5.40. The third kappa shape index (κ3) is 2.46. The van der Waals surface area contributed by atoms with Gasteiger partial charge in [0.1, 0.15) is 11.5 Å². The number of carbonyl (C=O) groups is 1. The normalized spacial score (nSPS) is 20.6. The van der Waals surface area contributed by atoms with E-state index in [-0.39, 0.29) is 0 Å². The van der Waals surface area contributed by atoms with E-state index in [1.54, 1.807) is 12.3 Å². The van der Waals surface area contributed by atoms with E-state index >= 15 is 0 Å². The first kappa shape index (κ1) is 11.2. The fourth-order valence-electron chi connectivity index (χ4n) is 2.31. The topological polar surface area (TPSA) is 42.9 Å². The van der Waals surface area contributed by atoms with Crippen molar-refractivity contribution in [2.24, 2.45) is 5.41 Å². The van der Waals surface area contributed by atoms with Crippen LogP contribution < -0.4 is 0 Å². The Morgan fingerprint density at radius 2 is 2.06 bits per heavy atom. The van der Waals surface area contributed by atoms with E-state index < -0.39 is 0 Å². The molecule has 0 radical (unpaired) electrons. The van der Waals surface area contributed by atoms with Crippen molar-refractivity contribution < 1.29 is 4.79 Å². The summed E-state index contributed by atoms with van der Waals surface area (Å²) in [7, 11) is 0. The van der Waals surface area contributed by atoms with Crippen LogP contribution in [0.4, 0.5) is 0 Å². The van der Waals surface area contributed by atoms with Crippen LogP contribution in [0.5, 0.6) is 0 Å². The Bertz CT molecular complexity index is 377. The maximum atomic E-state index is 10.7. The molecule has 16 heavy (non-hydrogen) atoms. The van der Waals surface area contributed by atoms with Crippen molar-refractivity contribution in [2.75, 3.05) is 0 Å². The van der Waals surface area contributed by atoms with E-state index in [4.69, 9.17) is 0 Å². The largest absolute Gasteiger partial charge is 0.296 e. The molecule has 1 heterocycles. The summed E-state index contributed by atoms with van der Waals surface area (Å²) in [5, 5.41) is 0. The van der Waals surface area contributed by atoms with Gasteiger partial charge in [0.2, 0.25) is 0 Å². The van der Waals surface area contributed by atoms with Gasteiger partial charge >= 0.3 is 0 Å². The van der Waals surface area contributed by atoms with Crippen LogP contribution in [-0.2, 0) is 0 Å². The van der Waals surface area contributed by atoms with Crippen LogP contribution in [0.1, 0.15) is 61.8 Å². The molecule has 1 aromatic heterocycles. The number of nitrogens with zero attached hydrogens (tertiary/aromatic N) is 2. The lowest BCUT2D eigenvalue weighted by Gasteiger charge is -2.33. The molecule has 0 bridgehead atoms. The first-order valence-corrected chi connectivity index (χ1v) is 5.89. The lowest BCUT2D eigenvalue weighted by Crippen LogP contribution is -2.21. The second kappa shape index (κ2) is 4.32. The van der Waals surface area contributed by atoms with E-state index in [0.29, 0.717) is 17.0 Å². The average molecular weight is 218 g/mol. The summed E-state index contributed by atoms with van der Waals surface area (Å²) < 4.78 is 0. The van der Waals surface area contributed by atoms with Gasteiger partial charge in [0.25, 0.3) is 0 Å². The highest BCUT2D eigenvalue weighted by molar-refractivity contribution is 5.71. The van der Waals surface area contributed by atoms with Gasteiger partial charge in [-0.25, -0.2) is 9.97 Å². The number of rotatable bonds is 2. The van der Waals surface area contributed by atoms with Crippen LogP contribution >= 0.6 is 0 Å². The summed E-state index contributed by atoms with van der Waals surface area (Å²) in [4.78, 5) is 19.2. The third-order valence-corrected chi connectivity index (χ3v) is 3.52. The minimum atomic E-state index is 0.438. The van der Waals surface area contributed by atoms with E-state index in [2.05, 4.69) is 23.8 Å². The molecular formula is C13H18N2O.